The van der Waals surface area contributed by atoms with E-state index in [0.717, 1.165) is 12.2 Å². The number of likely N-dealkylation sites (N-methyl/N-ethyl adjacent to an activating group) is 1. The van der Waals surface area contributed by atoms with Crippen molar-refractivity contribution < 1.29 is 9.53 Å². The van der Waals surface area contributed by atoms with Gasteiger partial charge >= 0.3 is 5.97 Å². The number of rotatable bonds is 7. The average Bonchev–Trinajstić information content (AvgIpc) is 2.14. The van der Waals surface area contributed by atoms with Gasteiger partial charge in [0.2, 0.25) is 0 Å². The Morgan fingerprint density at radius 1 is 1.57 bits per heavy atom. The van der Waals surface area contributed by atoms with Crippen molar-refractivity contribution in [2.75, 3.05) is 32.2 Å². The monoisotopic (exact) mass is 219 g/mol. The zero-order valence-electron chi connectivity index (χ0n) is 9.58. The van der Waals surface area contributed by atoms with Crippen molar-refractivity contribution in [2.45, 2.75) is 26.3 Å². The molecule has 0 N–H and O–H groups in total. The molecular weight excluding hydrogens is 198 g/mol. The van der Waals surface area contributed by atoms with Gasteiger partial charge in [0.25, 0.3) is 0 Å². The van der Waals surface area contributed by atoms with Gasteiger partial charge in [0, 0.05) is 6.04 Å². The summed E-state index contributed by atoms with van der Waals surface area (Å²) in [6, 6.07) is 0.437. The second kappa shape index (κ2) is 8.12. The predicted octanol–water partition coefficient (Wildman–Crippen LogP) is 1.62. The summed E-state index contributed by atoms with van der Waals surface area (Å²) in [5.41, 5.74) is 0. The topological polar surface area (TPSA) is 29.5 Å². The van der Waals surface area contributed by atoms with Gasteiger partial charge in [-0.1, -0.05) is 0 Å². The Morgan fingerprint density at radius 3 is 2.71 bits per heavy atom. The summed E-state index contributed by atoms with van der Waals surface area (Å²) in [5.74, 6) is 1.000. The van der Waals surface area contributed by atoms with Crippen LogP contribution in [0.15, 0.2) is 0 Å². The lowest BCUT2D eigenvalue weighted by atomic mass is 10.2. The number of esters is 1. The van der Waals surface area contributed by atoms with E-state index in [2.05, 4.69) is 13.2 Å². The average molecular weight is 219 g/mol. The van der Waals surface area contributed by atoms with Crippen LogP contribution in [0.3, 0.4) is 0 Å². The van der Waals surface area contributed by atoms with Crippen molar-refractivity contribution in [3.05, 3.63) is 0 Å². The van der Waals surface area contributed by atoms with Gasteiger partial charge in [-0.2, -0.15) is 11.8 Å². The minimum absolute atomic E-state index is 0.133. The van der Waals surface area contributed by atoms with Crippen molar-refractivity contribution in [2.24, 2.45) is 0 Å². The van der Waals surface area contributed by atoms with Crippen molar-refractivity contribution in [3.63, 3.8) is 0 Å². The fourth-order valence-electron chi connectivity index (χ4n) is 1.07. The first-order valence-electron chi connectivity index (χ1n) is 4.96. The second-order valence-electron chi connectivity index (χ2n) is 3.35. The number of nitrogens with zero attached hydrogens (tertiary/aromatic N) is 1. The Labute approximate surface area is 91.2 Å². The summed E-state index contributed by atoms with van der Waals surface area (Å²) < 4.78 is 4.88. The molecule has 1 atom stereocenters. The number of hydrogen-bond donors (Lipinski definition) is 0. The molecule has 0 aromatic carbocycles. The zero-order chi connectivity index (χ0) is 11.0. The molecule has 0 aliphatic heterocycles. The molecule has 4 heteroatoms. The molecule has 0 radical (unpaired) electrons. The van der Waals surface area contributed by atoms with E-state index in [-0.39, 0.29) is 5.97 Å². The summed E-state index contributed by atoms with van der Waals surface area (Å²) >= 11 is 1.83. The molecular formula is C10H21NO2S. The normalized spacial score (nSPS) is 12.9. The van der Waals surface area contributed by atoms with Crippen molar-refractivity contribution in [3.8, 4) is 0 Å². The molecule has 84 valence electrons. The molecule has 0 aliphatic rings. The van der Waals surface area contributed by atoms with Gasteiger partial charge in [-0.3, -0.25) is 9.69 Å². The molecule has 0 amide bonds. The van der Waals surface area contributed by atoms with Crippen LogP contribution >= 0.6 is 11.8 Å². The summed E-state index contributed by atoms with van der Waals surface area (Å²) in [4.78, 5) is 13.2. The molecule has 0 rings (SSSR count). The number of carbonyl (C=O) groups is 1. The van der Waals surface area contributed by atoms with E-state index < -0.39 is 0 Å². The Kier molecular flexibility index (Phi) is 7.99. The van der Waals surface area contributed by atoms with Gasteiger partial charge in [-0.05, 0) is 39.3 Å². The van der Waals surface area contributed by atoms with Crippen LogP contribution < -0.4 is 0 Å². The molecule has 0 aromatic heterocycles. The third kappa shape index (κ3) is 6.27. The maximum absolute atomic E-state index is 11.2. The van der Waals surface area contributed by atoms with Crippen LogP contribution in [0.2, 0.25) is 0 Å². The van der Waals surface area contributed by atoms with Crippen LogP contribution in [0.1, 0.15) is 20.3 Å². The van der Waals surface area contributed by atoms with Crippen LogP contribution in [-0.4, -0.2) is 49.1 Å². The minimum Gasteiger partial charge on any atom is -0.465 e. The maximum atomic E-state index is 11.2. The Bertz CT molecular complexity index is 164. The Balaban J connectivity index is 3.70. The van der Waals surface area contributed by atoms with E-state index >= 15 is 0 Å². The fraction of sp³-hybridized carbons (Fsp3) is 0.900. The molecule has 0 fully saturated rings. The van der Waals surface area contributed by atoms with Gasteiger partial charge in [-0.15, -0.1) is 0 Å². The summed E-state index contributed by atoms with van der Waals surface area (Å²) in [6.45, 7) is 4.82. The van der Waals surface area contributed by atoms with E-state index in [1.807, 2.05) is 30.6 Å². The SMILES string of the molecule is CCOC(=O)CN(C)C(C)CCSC. The first kappa shape index (κ1) is 13.8. The highest BCUT2D eigenvalue weighted by atomic mass is 32.2. The molecule has 0 bridgehead atoms. The highest BCUT2D eigenvalue weighted by Crippen LogP contribution is 2.05. The number of ether oxygens (including phenoxy) is 1. The Morgan fingerprint density at radius 2 is 2.21 bits per heavy atom. The minimum atomic E-state index is -0.133. The standard InChI is InChI=1S/C10H21NO2S/c1-5-13-10(12)8-11(3)9(2)6-7-14-4/h9H,5-8H2,1-4H3. The van der Waals surface area contributed by atoms with Crippen molar-refractivity contribution >= 4 is 17.7 Å². The maximum Gasteiger partial charge on any atom is 0.320 e. The molecule has 0 spiro atoms. The fourth-order valence-corrected chi connectivity index (χ4v) is 1.65. The molecule has 0 heterocycles. The quantitative estimate of drug-likeness (QED) is 0.609. The highest BCUT2D eigenvalue weighted by Gasteiger charge is 2.12. The van der Waals surface area contributed by atoms with Gasteiger partial charge in [0.05, 0.1) is 13.2 Å². The highest BCUT2D eigenvalue weighted by molar-refractivity contribution is 7.98. The van der Waals surface area contributed by atoms with Gasteiger partial charge in [0.15, 0.2) is 0 Å². The molecule has 1 unspecified atom stereocenters. The smallest absolute Gasteiger partial charge is 0.320 e. The lowest BCUT2D eigenvalue weighted by Crippen LogP contribution is -2.35. The molecule has 0 saturated carbocycles. The predicted molar refractivity (Wildman–Crippen MR) is 61.7 cm³/mol. The van der Waals surface area contributed by atoms with Crippen LogP contribution in [-0.2, 0) is 9.53 Å². The van der Waals surface area contributed by atoms with E-state index in [0.29, 0.717) is 19.2 Å². The van der Waals surface area contributed by atoms with Crippen molar-refractivity contribution in [1.29, 1.82) is 0 Å². The van der Waals surface area contributed by atoms with Crippen LogP contribution in [0.25, 0.3) is 0 Å². The van der Waals surface area contributed by atoms with Crippen LogP contribution in [0, 0.1) is 0 Å². The van der Waals surface area contributed by atoms with Crippen molar-refractivity contribution in [1.82, 2.24) is 4.90 Å². The van der Waals surface area contributed by atoms with Gasteiger partial charge in [-0.25, -0.2) is 0 Å². The summed E-state index contributed by atoms with van der Waals surface area (Å²) in [6.07, 6.45) is 3.20. The lowest BCUT2D eigenvalue weighted by Gasteiger charge is -2.23. The first-order valence-corrected chi connectivity index (χ1v) is 6.36. The first-order chi connectivity index (χ1) is 6.61. The largest absolute Gasteiger partial charge is 0.465 e. The van der Waals surface area contributed by atoms with Crippen LogP contribution in [0.5, 0.6) is 0 Å². The lowest BCUT2D eigenvalue weighted by molar-refractivity contribution is -0.144. The number of carbonyl (C=O) groups excluding carboxylic acids is 1. The van der Waals surface area contributed by atoms with Gasteiger partial charge < -0.3 is 4.74 Å². The summed E-state index contributed by atoms with van der Waals surface area (Å²) in [5, 5.41) is 0. The van der Waals surface area contributed by atoms with E-state index in [4.69, 9.17) is 4.74 Å². The molecule has 14 heavy (non-hydrogen) atoms. The Hall–Kier alpha value is -0.220. The molecule has 0 aromatic rings. The molecule has 0 saturated heterocycles. The van der Waals surface area contributed by atoms with E-state index in [9.17, 15) is 4.79 Å². The third-order valence-corrected chi connectivity index (χ3v) is 2.82. The number of hydrogen-bond acceptors (Lipinski definition) is 4. The molecule has 3 nitrogen and oxygen atoms in total. The second-order valence-corrected chi connectivity index (χ2v) is 4.34. The van der Waals surface area contributed by atoms with E-state index in [1.165, 1.54) is 0 Å². The zero-order valence-corrected chi connectivity index (χ0v) is 10.4. The third-order valence-electron chi connectivity index (χ3n) is 2.18. The number of thioether (sulfide) groups is 1. The van der Waals surface area contributed by atoms with Gasteiger partial charge in [0.1, 0.15) is 0 Å². The molecule has 0 aliphatic carbocycles. The van der Waals surface area contributed by atoms with E-state index in [1.54, 1.807) is 0 Å². The van der Waals surface area contributed by atoms with Crippen LogP contribution in [0.4, 0.5) is 0 Å². The summed E-state index contributed by atoms with van der Waals surface area (Å²) in [7, 11) is 1.96.